The van der Waals surface area contributed by atoms with Crippen molar-refractivity contribution >= 4 is 54.1 Å². The highest BCUT2D eigenvalue weighted by molar-refractivity contribution is 5.99. The molecule has 0 radical (unpaired) electrons. The standard InChI is InChI=1S/C23H18NO.3C19H16NO.C15H14NO/c1-23(2)17-8-5-9-20-21(17)22-18(23)11-16-10-14-6-3-4-7-15(14)12-19(16)24(22)13-25-20;1-19(2)13-7-5-9-16-17(13)18-14(19)10-12-6-3-4-8-15(12)20(18)11-21-16;2*1-19(2)14-8-5-9-15-16(14)18-17(19)13-7-4-3-6-12(13)10-20(18)11-21-15;1-15(2)10-5-3-7-12-13(10)14-11(15)6-4-8-16(14)9-17-12/h3-12H,13H2,1-2H3;3*3-10H,11H2,1-2H3;3-8H,9H2,1-2H3/q5*+1. The molecule has 0 unspecified atom stereocenters. The highest BCUT2D eigenvalue weighted by atomic mass is 16.5. The molecule has 0 saturated heterocycles. The van der Waals surface area contributed by atoms with E-state index in [1.807, 2.05) is 0 Å². The second kappa shape index (κ2) is 21.7. The number of nitrogens with zero attached hydrogens (tertiary/aromatic N) is 5. The predicted molar refractivity (Wildman–Crippen MR) is 412 cm³/mol. The minimum atomic E-state index is -0.00401. The fourth-order valence-corrected chi connectivity index (χ4v) is 19.8. The van der Waals surface area contributed by atoms with Gasteiger partial charge in [0, 0.05) is 94.6 Å². The largest absolute Gasteiger partial charge is 0.435 e. The van der Waals surface area contributed by atoms with Gasteiger partial charge in [-0.1, -0.05) is 203 Å². The van der Waals surface area contributed by atoms with Crippen LogP contribution >= 0.6 is 0 Å². The monoisotopic (exact) mass is 1370 g/mol. The summed E-state index contributed by atoms with van der Waals surface area (Å²) in [5.41, 5.74) is 29.7. The quantitative estimate of drug-likeness (QED) is 0.112. The molecule has 10 heterocycles. The normalized spacial score (nSPS) is 16.7. The van der Waals surface area contributed by atoms with E-state index < -0.39 is 0 Å². The Bertz CT molecular complexity index is 6190. The van der Waals surface area contributed by atoms with Crippen molar-refractivity contribution in [3.63, 3.8) is 0 Å². The number of pyridine rings is 5. The summed E-state index contributed by atoms with van der Waals surface area (Å²) in [5.74, 6) is 5.11. The van der Waals surface area contributed by atoms with Gasteiger partial charge in [-0.15, -0.1) is 0 Å². The Balaban J connectivity index is 0.0000000850. The summed E-state index contributed by atoms with van der Waals surface area (Å²) in [6, 6.07) is 80.3. The van der Waals surface area contributed by atoms with E-state index in [0.29, 0.717) is 33.7 Å². The smallest absolute Gasteiger partial charge is 0.293 e. The van der Waals surface area contributed by atoms with Crippen LogP contribution in [0.3, 0.4) is 0 Å². The van der Waals surface area contributed by atoms with E-state index in [1.54, 1.807) is 0 Å². The predicted octanol–water partition coefficient (Wildman–Crippen LogP) is 18.9. The Kier molecular flexibility index (Phi) is 12.8. The first kappa shape index (κ1) is 61.9. The average molecular weight is 1370 g/mol. The second-order valence-corrected chi connectivity index (χ2v) is 32.4. The van der Waals surface area contributed by atoms with Gasteiger partial charge in [0.05, 0.1) is 27.8 Å². The van der Waals surface area contributed by atoms with Crippen LogP contribution in [-0.2, 0) is 60.7 Å². The lowest BCUT2D eigenvalue weighted by molar-refractivity contribution is -0.717. The molecule has 5 aliphatic heterocycles. The van der Waals surface area contributed by atoms with Crippen molar-refractivity contribution in [2.75, 3.05) is 0 Å². The van der Waals surface area contributed by atoms with Crippen molar-refractivity contribution in [2.45, 2.75) is 130 Å². The zero-order valence-electron chi connectivity index (χ0n) is 60.9. The van der Waals surface area contributed by atoms with Gasteiger partial charge in [0.2, 0.25) is 39.5 Å². The topological polar surface area (TPSA) is 65.5 Å². The summed E-state index contributed by atoms with van der Waals surface area (Å²) < 4.78 is 41.3. The number of fused-ring (bicyclic) bond motifs is 9. The van der Waals surface area contributed by atoms with E-state index in [4.69, 9.17) is 23.7 Å². The van der Waals surface area contributed by atoms with E-state index in [-0.39, 0.29) is 27.1 Å². The minimum absolute atomic E-state index is 0.00401. The van der Waals surface area contributed by atoms with Crippen LogP contribution in [0.25, 0.3) is 110 Å². The Morgan fingerprint density at radius 1 is 0.248 bits per heavy atom. The summed E-state index contributed by atoms with van der Waals surface area (Å²) >= 11 is 0. The van der Waals surface area contributed by atoms with Gasteiger partial charge in [-0.05, 0) is 122 Å². The summed E-state index contributed by atoms with van der Waals surface area (Å²) in [5, 5.41) is 10.4. The molecule has 105 heavy (non-hydrogen) atoms. The van der Waals surface area contributed by atoms with Gasteiger partial charge in [-0.25, -0.2) is 0 Å². The second-order valence-electron chi connectivity index (χ2n) is 32.4. The molecule has 10 aliphatic rings. The van der Waals surface area contributed by atoms with Gasteiger partial charge < -0.3 is 23.7 Å². The number of aromatic nitrogens is 5. The number of benzene rings is 10. The fraction of sp³-hybridized carbons (Fsp3) is 0.211. The third kappa shape index (κ3) is 8.50. The van der Waals surface area contributed by atoms with Crippen LogP contribution in [0.2, 0.25) is 0 Å². The van der Waals surface area contributed by atoms with Crippen LogP contribution in [0.1, 0.15) is 125 Å². The summed E-state index contributed by atoms with van der Waals surface area (Å²) in [6.07, 6.45) is 6.53. The van der Waals surface area contributed by atoms with E-state index in [9.17, 15) is 0 Å². The lowest BCUT2D eigenvalue weighted by Crippen LogP contribution is -2.42. The summed E-state index contributed by atoms with van der Waals surface area (Å²) in [6.45, 7) is 26.1. The van der Waals surface area contributed by atoms with E-state index in [0.717, 1.165) is 28.7 Å². The van der Waals surface area contributed by atoms with Crippen molar-refractivity contribution in [1.82, 2.24) is 0 Å². The molecule has 0 atom stereocenters. The third-order valence-corrected chi connectivity index (χ3v) is 25.0. The van der Waals surface area contributed by atoms with Crippen molar-refractivity contribution in [1.29, 1.82) is 0 Å². The number of rotatable bonds is 0. The molecule has 0 saturated carbocycles. The van der Waals surface area contributed by atoms with Gasteiger partial charge in [0.15, 0.2) is 18.6 Å². The van der Waals surface area contributed by atoms with E-state index >= 15 is 0 Å². The van der Waals surface area contributed by atoms with Crippen LogP contribution in [0.4, 0.5) is 0 Å². The van der Waals surface area contributed by atoms with Crippen LogP contribution < -0.4 is 46.5 Å². The number of hydrogen-bond acceptors (Lipinski definition) is 5. The van der Waals surface area contributed by atoms with Crippen LogP contribution in [0.5, 0.6) is 28.7 Å². The molecule has 0 bridgehead atoms. The molecule has 10 nitrogen and oxygen atoms in total. The van der Waals surface area contributed by atoms with Crippen LogP contribution in [0.15, 0.2) is 243 Å². The molecule has 0 spiro atoms. The maximum atomic E-state index is 6.14. The molecule has 15 aromatic rings. The Hall–Kier alpha value is -11.8. The Labute approximate surface area is 610 Å². The molecule has 5 aromatic heterocycles. The van der Waals surface area contributed by atoms with Gasteiger partial charge in [0.1, 0.15) is 28.7 Å². The van der Waals surface area contributed by atoms with Crippen molar-refractivity contribution in [3.05, 3.63) is 299 Å². The molecular formula is C95H80N5O5+5. The van der Waals surface area contributed by atoms with E-state index in [2.05, 4.69) is 335 Å². The molecule has 0 amide bonds. The number of hydrogen-bond donors (Lipinski definition) is 0. The maximum Gasteiger partial charge on any atom is 0.293 e. The molecular weight excluding hydrogens is 1290 g/mol. The number of para-hydroxylation sites is 1. The first-order valence-electron chi connectivity index (χ1n) is 37.0. The Morgan fingerprint density at radius 2 is 0.600 bits per heavy atom. The van der Waals surface area contributed by atoms with Gasteiger partial charge in [-0.2, -0.15) is 22.8 Å². The molecule has 5 aliphatic carbocycles. The fourth-order valence-electron chi connectivity index (χ4n) is 19.8. The zero-order chi connectivity index (χ0) is 70.9. The molecule has 25 rings (SSSR count). The zero-order valence-corrected chi connectivity index (χ0v) is 60.9. The van der Waals surface area contributed by atoms with E-state index in [1.165, 1.54) is 166 Å². The third-order valence-electron chi connectivity index (χ3n) is 25.0. The summed E-state index contributed by atoms with van der Waals surface area (Å²) in [7, 11) is 0. The maximum absolute atomic E-state index is 6.14. The van der Waals surface area contributed by atoms with Crippen molar-refractivity contribution in [2.24, 2.45) is 0 Å². The lowest BCUT2D eigenvalue weighted by atomic mass is 9.81. The first-order valence-corrected chi connectivity index (χ1v) is 37.0. The van der Waals surface area contributed by atoms with Gasteiger partial charge in [-0.3, -0.25) is 0 Å². The molecule has 0 N–H and O–H groups in total. The molecule has 10 heteroatoms. The van der Waals surface area contributed by atoms with Crippen molar-refractivity contribution in [3.8, 4) is 85.0 Å². The molecule has 10 aromatic carbocycles. The minimum Gasteiger partial charge on any atom is -0.435 e. The summed E-state index contributed by atoms with van der Waals surface area (Å²) in [4.78, 5) is 0. The van der Waals surface area contributed by atoms with Gasteiger partial charge >= 0.3 is 0 Å². The molecule has 0 fully saturated rings. The van der Waals surface area contributed by atoms with Crippen LogP contribution in [-0.4, -0.2) is 0 Å². The SMILES string of the molecule is CC1(C)c2cccc3c2-c2c1c1ccccc1c[n+]2CO3.CC1(C)c2cccc3c2-c2c1c1ccccc1c[n+]2CO3.CC1(C)c2cccc3c2-c2c1cc1cc4ccccc4cc1[n+]2CO3.CC1(C)c2cccc3c2-c2c1cc1ccccc1[n+]2CO3.CC1(C)c2cccc3c2-c2c1ccc[n+]2CO3. The number of ether oxygens (including phenoxy) is 5. The highest BCUT2D eigenvalue weighted by Crippen LogP contribution is 2.58. The Morgan fingerprint density at radius 3 is 1.09 bits per heavy atom. The van der Waals surface area contributed by atoms with Gasteiger partial charge in [0.25, 0.3) is 33.7 Å². The average Bonchev–Trinajstić information content (AvgIpc) is 1.58. The first-order chi connectivity index (χ1) is 50.9. The highest BCUT2D eigenvalue weighted by Gasteiger charge is 2.52. The molecule has 510 valence electrons. The van der Waals surface area contributed by atoms with Crippen LogP contribution in [0, 0.1) is 0 Å². The van der Waals surface area contributed by atoms with Crippen molar-refractivity contribution < 1.29 is 46.5 Å². The lowest BCUT2D eigenvalue weighted by Gasteiger charge is -2.21.